The van der Waals surface area contributed by atoms with Crippen molar-refractivity contribution in [3.8, 4) is 0 Å². The summed E-state index contributed by atoms with van der Waals surface area (Å²) in [5.41, 5.74) is 2.30. The first kappa shape index (κ1) is 12.0. The maximum absolute atomic E-state index is 11.8. The third kappa shape index (κ3) is 2.79. The summed E-state index contributed by atoms with van der Waals surface area (Å²) in [5, 5.41) is 5.57. The molecule has 0 aliphatic carbocycles. The van der Waals surface area contributed by atoms with Gasteiger partial charge in [-0.3, -0.25) is 9.59 Å². The van der Waals surface area contributed by atoms with Crippen LogP contribution in [0.1, 0.15) is 15.9 Å². The van der Waals surface area contributed by atoms with Crippen molar-refractivity contribution in [1.82, 2.24) is 5.32 Å². The summed E-state index contributed by atoms with van der Waals surface area (Å²) >= 11 is 1.69. The third-order valence-electron chi connectivity index (χ3n) is 2.59. The number of rotatable bonds is 4. The second kappa shape index (κ2) is 5.23. The second-order valence-corrected chi connectivity index (χ2v) is 4.83. The van der Waals surface area contributed by atoms with Crippen molar-refractivity contribution in [2.45, 2.75) is 6.42 Å². The molecule has 1 aliphatic rings. The van der Waals surface area contributed by atoms with Crippen LogP contribution in [0.25, 0.3) is 0 Å². The summed E-state index contributed by atoms with van der Waals surface area (Å²) < 4.78 is 0. The van der Waals surface area contributed by atoms with Crippen LogP contribution < -0.4 is 10.6 Å². The molecule has 2 rings (SSSR count). The van der Waals surface area contributed by atoms with Crippen molar-refractivity contribution in [3.63, 3.8) is 0 Å². The Labute approximate surface area is 104 Å². The fraction of sp³-hybridized carbons (Fsp3) is 0.333. The lowest BCUT2D eigenvalue weighted by atomic mass is 10.1. The molecule has 0 atom stereocenters. The van der Waals surface area contributed by atoms with Gasteiger partial charge in [0.1, 0.15) is 0 Å². The maximum Gasteiger partial charge on any atom is 0.251 e. The van der Waals surface area contributed by atoms with E-state index < -0.39 is 0 Å². The molecule has 17 heavy (non-hydrogen) atoms. The van der Waals surface area contributed by atoms with Gasteiger partial charge >= 0.3 is 0 Å². The molecule has 0 saturated heterocycles. The van der Waals surface area contributed by atoms with Crippen molar-refractivity contribution >= 4 is 29.3 Å². The summed E-state index contributed by atoms with van der Waals surface area (Å²) in [4.78, 5) is 22.9. The van der Waals surface area contributed by atoms with E-state index in [1.807, 2.05) is 12.3 Å². The van der Waals surface area contributed by atoms with E-state index in [2.05, 4.69) is 10.6 Å². The number of thioether (sulfide) groups is 1. The van der Waals surface area contributed by atoms with E-state index in [0.29, 0.717) is 18.5 Å². The quantitative estimate of drug-likeness (QED) is 0.791. The zero-order valence-corrected chi connectivity index (χ0v) is 10.4. The Kier molecular flexibility index (Phi) is 3.68. The lowest BCUT2D eigenvalue weighted by molar-refractivity contribution is -0.115. The number of benzene rings is 1. The van der Waals surface area contributed by atoms with Crippen molar-refractivity contribution in [3.05, 3.63) is 29.3 Å². The van der Waals surface area contributed by atoms with E-state index >= 15 is 0 Å². The van der Waals surface area contributed by atoms with E-state index in [4.69, 9.17) is 0 Å². The van der Waals surface area contributed by atoms with E-state index in [1.54, 1.807) is 23.9 Å². The standard InChI is InChI=1S/C12H14N2O2S/c1-17-5-4-13-12(16)9-3-2-8-7-11(15)14-10(8)6-9/h2-3,6H,4-5,7H2,1H3,(H,13,16)(H,14,15). The van der Waals surface area contributed by atoms with Crippen molar-refractivity contribution < 1.29 is 9.59 Å². The predicted octanol–water partition coefficient (Wildman–Crippen LogP) is 1.27. The molecule has 0 bridgehead atoms. The molecule has 2 N–H and O–H groups in total. The van der Waals surface area contributed by atoms with Gasteiger partial charge in [0.25, 0.3) is 5.91 Å². The van der Waals surface area contributed by atoms with Gasteiger partial charge in [0, 0.05) is 23.5 Å². The molecule has 1 heterocycles. The number of carbonyl (C=O) groups is 2. The third-order valence-corrected chi connectivity index (χ3v) is 3.20. The minimum absolute atomic E-state index is 0.0139. The second-order valence-electron chi connectivity index (χ2n) is 3.85. The van der Waals surface area contributed by atoms with Crippen LogP contribution >= 0.6 is 11.8 Å². The minimum atomic E-state index is -0.0944. The molecule has 5 heteroatoms. The summed E-state index contributed by atoms with van der Waals surface area (Å²) in [6.45, 7) is 0.656. The van der Waals surface area contributed by atoms with E-state index in [1.165, 1.54) is 0 Å². The zero-order valence-electron chi connectivity index (χ0n) is 9.58. The fourth-order valence-corrected chi connectivity index (χ4v) is 2.03. The van der Waals surface area contributed by atoms with Crippen molar-refractivity contribution in [2.75, 3.05) is 23.9 Å². The summed E-state index contributed by atoms with van der Waals surface area (Å²) in [6.07, 6.45) is 2.40. The topological polar surface area (TPSA) is 58.2 Å². The Hall–Kier alpha value is -1.49. The highest BCUT2D eigenvalue weighted by Gasteiger charge is 2.18. The number of carbonyl (C=O) groups excluding carboxylic acids is 2. The molecule has 0 radical (unpaired) electrons. The molecule has 0 spiro atoms. The molecule has 1 aliphatic heterocycles. The van der Waals surface area contributed by atoms with E-state index in [9.17, 15) is 9.59 Å². The summed E-state index contributed by atoms with van der Waals surface area (Å²) in [6, 6.07) is 5.32. The van der Waals surface area contributed by atoms with E-state index in [-0.39, 0.29) is 11.8 Å². The van der Waals surface area contributed by atoms with Crippen LogP contribution in [0.15, 0.2) is 18.2 Å². The lowest BCUT2D eigenvalue weighted by Crippen LogP contribution is -2.25. The van der Waals surface area contributed by atoms with E-state index in [0.717, 1.165) is 17.0 Å². The number of nitrogens with one attached hydrogen (secondary N) is 2. The minimum Gasteiger partial charge on any atom is -0.351 e. The molecule has 1 aromatic carbocycles. The van der Waals surface area contributed by atoms with Gasteiger partial charge < -0.3 is 10.6 Å². The van der Waals surface area contributed by atoms with Gasteiger partial charge in [0.2, 0.25) is 5.91 Å². The van der Waals surface area contributed by atoms with Gasteiger partial charge in [-0.15, -0.1) is 0 Å². The largest absolute Gasteiger partial charge is 0.351 e. The normalized spacial score (nSPS) is 13.1. The molecule has 0 unspecified atom stereocenters. The van der Waals surface area contributed by atoms with Crippen molar-refractivity contribution in [1.29, 1.82) is 0 Å². The SMILES string of the molecule is CSCCNC(=O)c1ccc2c(c1)NC(=O)C2. The molecule has 2 amide bonds. The molecule has 0 saturated carbocycles. The number of fused-ring (bicyclic) bond motifs is 1. The average molecular weight is 250 g/mol. The van der Waals surface area contributed by atoms with Gasteiger partial charge in [0.15, 0.2) is 0 Å². The Morgan fingerprint density at radius 1 is 1.53 bits per heavy atom. The molecular weight excluding hydrogens is 236 g/mol. The van der Waals surface area contributed by atoms with Crippen LogP contribution in [0.3, 0.4) is 0 Å². The first-order valence-electron chi connectivity index (χ1n) is 5.40. The fourth-order valence-electron chi connectivity index (χ4n) is 1.72. The molecule has 0 aromatic heterocycles. The van der Waals surface area contributed by atoms with Gasteiger partial charge in [-0.05, 0) is 24.0 Å². The molecular formula is C12H14N2O2S. The summed E-state index contributed by atoms with van der Waals surface area (Å²) in [7, 11) is 0. The maximum atomic E-state index is 11.8. The van der Waals surface area contributed by atoms with Gasteiger partial charge in [-0.25, -0.2) is 0 Å². The monoisotopic (exact) mass is 250 g/mol. The number of hydrogen-bond acceptors (Lipinski definition) is 3. The smallest absolute Gasteiger partial charge is 0.251 e. The number of amides is 2. The van der Waals surface area contributed by atoms with Crippen LogP contribution in [-0.2, 0) is 11.2 Å². The molecule has 1 aromatic rings. The van der Waals surface area contributed by atoms with Crippen LogP contribution in [0.2, 0.25) is 0 Å². The Bertz CT molecular complexity index is 460. The van der Waals surface area contributed by atoms with Crippen LogP contribution in [0, 0.1) is 0 Å². The lowest BCUT2D eigenvalue weighted by Gasteiger charge is -2.05. The Balaban J connectivity index is 2.05. The Morgan fingerprint density at radius 2 is 2.35 bits per heavy atom. The van der Waals surface area contributed by atoms with Gasteiger partial charge in [-0.2, -0.15) is 11.8 Å². The highest BCUT2D eigenvalue weighted by molar-refractivity contribution is 7.98. The first-order valence-corrected chi connectivity index (χ1v) is 6.80. The number of hydrogen-bond donors (Lipinski definition) is 2. The molecule has 90 valence electrons. The Morgan fingerprint density at radius 3 is 3.12 bits per heavy atom. The van der Waals surface area contributed by atoms with Crippen LogP contribution in [0.4, 0.5) is 5.69 Å². The number of anilines is 1. The molecule has 0 fully saturated rings. The van der Waals surface area contributed by atoms with Gasteiger partial charge in [-0.1, -0.05) is 6.07 Å². The first-order chi connectivity index (χ1) is 8.20. The van der Waals surface area contributed by atoms with Crippen molar-refractivity contribution in [2.24, 2.45) is 0 Å². The predicted molar refractivity (Wildman–Crippen MR) is 69.5 cm³/mol. The highest BCUT2D eigenvalue weighted by Crippen LogP contribution is 2.23. The van der Waals surface area contributed by atoms with Crippen LogP contribution in [-0.4, -0.2) is 30.4 Å². The van der Waals surface area contributed by atoms with Gasteiger partial charge in [0.05, 0.1) is 6.42 Å². The zero-order chi connectivity index (χ0) is 12.3. The summed E-state index contributed by atoms with van der Waals surface area (Å²) in [5.74, 6) is 0.788. The molecule has 4 nitrogen and oxygen atoms in total. The van der Waals surface area contributed by atoms with Crippen LogP contribution in [0.5, 0.6) is 0 Å². The average Bonchev–Trinajstić information content (AvgIpc) is 2.68. The highest BCUT2D eigenvalue weighted by atomic mass is 32.2.